The molecule has 2 saturated heterocycles. The minimum Gasteiger partial charge on any atom is -0.488 e. The molecule has 3 aliphatic heterocycles. The van der Waals surface area contributed by atoms with Crippen LogP contribution in [0, 0.1) is 11.8 Å². The Hall–Kier alpha value is -6.65. The molecule has 65 heavy (non-hydrogen) atoms. The molecule has 0 saturated carbocycles. The van der Waals surface area contributed by atoms with E-state index in [9.17, 15) is 24.3 Å². The van der Waals surface area contributed by atoms with Crippen LogP contribution in [-0.4, -0.2) is 98.3 Å². The van der Waals surface area contributed by atoms with Crippen molar-refractivity contribution in [2.45, 2.75) is 76.8 Å². The molecule has 6 atom stereocenters. The van der Waals surface area contributed by atoms with Crippen LogP contribution in [0.4, 0.5) is 9.59 Å². The second-order valence-electron chi connectivity index (χ2n) is 17.4. The zero-order chi connectivity index (χ0) is 44.8. The third kappa shape index (κ3) is 8.55. The van der Waals surface area contributed by atoms with Crippen molar-refractivity contribution in [1.82, 2.24) is 40.4 Å². The number of amides is 4. The standard InChI is InChI=1S/C48H52N8O8.ClH/c1-25(2)40(53-47(59)60)46(58)56-26(3)11-16-37(56)44-50-35-15-13-29-19-34-32-14-12-30(18-31(32)24-64-39(34)20-33(29)42(35)52-44)36-21-49-43(51-36)38-17-27(23-62-4)22-55(38)45(57)41(54-48(61)63-5)28-9-7-6-8-10-28;/h6-10,12-15,18-21,25-27,37-38,40-41,53H,11,16-17,22-24H2,1-5H3,(H,49,51)(H,50,52)(H,54,61)(H,59,60);1H/t26-,27-,37-,38-,40-,41+;/m0./s1. The highest BCUT2D eigenvalue weighted by atomic mass is 35.5. The number of hydrogen-bond acceptors (Lipinski definition) is 9. The summed E-state index contributed by atoms with van der Waals surface area (Å²) in [5, 5.41) is 16.6. The van der Waals surface area contributed by atoms with Crippen molar-refractivity contribution < 1.29 is 38.5 Å². The third-order valence-corrected chi connectivity index (χ3v) is 12.9. The lowest BCUT2D eigenvalue weighted by Crippen LogP contribution is -2.52. The van der Waals surface area contributed by atoms with Crippen molar-refractivity contribution in [3.05, 3.63) is 102 Å². The number of carbonyl (C=O) groups excluding carboxylic acids is 3. The summed E-state index contributed by atoms with van der Waals surface area (Å²) in [5.41, 5.74) is 7.01. The Labute approximate surface area is 381 Å². The largest absolute Gasteiger partial charge is 0.488 e. The molecule has 0 radical (unpaired) electrons. The Morgan fingerprint density at radius 3 is 2.46 bits per heavy atom. The number of likely N-dealkylation sites (tertiary alicyclic amines) is 2. The van der Waals surface area contributed by atoms with Gasteiger partial charge in [0.25, 0.3) is 5.91 Å². The van der Waals surface area contributed by atoms with Gasteiger partial charge in [-0.05, 0) is 84.0 Å². The smallest absolute Gasteiger partial charge is 0.407 e. The van der Waals surface area contributed by atoms with Gasteiger partial charge in [0, 0.05) is 36.6 Å². The van der Waals surface area contributed by atoms with E-state index in [1.165, 1.54) is 7.11 Å². The molecule has 0 bridgehead atoms. The number of aromatic nitrogens is 4. The second kappa shape index (κ2) is 18.4. The number of carbonyl (C=O) groups is 4. The number of rotatable bonds is 11. The van der Waals surface area contributed by atoms with Crippen LogP contribution in [0.1, 0.15) is 80.9 Å². The maximum absolute atomic E-state index is 14.3. The number of ether oxygens (including phenoxy) is 3. The third-order valence-electron chi connectivity index (χ3n) is 12.9. The van der Waals surface area contributed by atoms with Crippen molar-refractivity contribution in [2.24, 2.45) is 11.8 Å². The van der Waals surface area contributed by atoms with Gasteiger partial charge in [-0.2, -0.15) is 0 Å². The summed E-state index contributed by atoms with van der Waals surface area (Å²) in [6.07, 6.45) is 1.98. The first kappa shape index (κ1) is 44.9. The fourth-order valence-corrected chi connectivity index (χ4v) is 9.78. The predicted molar refractivity (Wildman–Crippen MR) is 245 cm³/mol. The number of alkyl carbamates (subject to hydrolysis) is 1. The number of methoxy groups -OCH3 is 2. The minimum absolute atomic E-state index is 0. The lowest BCUT2D eigenvalue weighted by Gasteiger charge is -2.32. The van der Waals surface area contributed by atoms with Crippen LogP contribution in [-0.2, 0) is 25.7 Å². The number of nitrogens with zero attached hydrogens (tertiary/aromatic N) is 4. The summed E-state index contributed by atoms with van der Waals surface area (Å²) in [6.45, 7) is 6.92. The highest BCUT2D eigenvalue weighted by Gasteiger charge is 2.43. The lowest BCUT2D eigenvalue weighted by atomic mass is 9.92. The molecule has 0 unspecified atom stereocenters. The van der Waals surface area contributed by atoms with E-state index in [1.54, 1.807) is 35.2 Å². The molecule has 0 aliphatic carbocycles. The van der Waals surface area contributed by atoms with Crippen LogP contribution >= 0.6 is 12.4 Å². The summed E-state index contributed by atoms with van der Waals surface area (Å²) in [4.78, 5) is 72.5. The van der Waals surface area contributed by atoms with Gasteiger partial charge in [-0.15, -0.1) is 12.4 Å². The predicted octanol–water partition coefficient (Wildman–Crippen LogP) is 8.06. The number of aromatic amines is 2. The Bertz CT molecular complexity index is 2760. The van der Waals surface area contributed by atoms with Gasteiger partial charge in [0.05, 0.1) is 48.7 Å². The maximum atomic E-state index is 14.3. The average molecular weight is 905 g/mol. The molecule has 5 N–H and O–H groups in total. The van der Waals surface area contributed by atoms with E-state index < -0.39 is 24.3 Å². The van der Waals surface area contributed by atoms with E-state index in [1.807, 2.05) is 57.2 Å². The molecular formula is C48H53ClN8O8. The summed E-state index contributed by atoms with van der Waals surface area (Å²) in [6, 6.07) is 21.0. The van der Waals surface area contributed by atoms with Crippen molar-refractivity contribution >= 4 is 58.2 Å². The van der Waals surface area contributed by atoms with E-state index in [0.717, 1.165) is 61.9 Å². The molecule has 2 aromatic heterocycles. The molecule has 9 rings (SSSR count). The lowest BCUT2D eigenvalue weighted by molar-refractivity contribution is -0.137. The van der Waals surface area contributed by atoms with Crippen molar-refractivity contribution in [2.75, 3.05) is 27.4 Å². The van der Waals surface area contributed by atoms with Gasteiger partial charge in [0.15, 0.2) is 0 Å². The molecular weight excluding hydrogens is 852 g/mol. The van der Waals surface area contributed by atoms with Crippen LogP contribution in [0.3, 0.4) is 0 Å². The SMILES string of the molecule is COC[C@H]1C[C@@H](c2ncc(-c3ccc4c(c3)COc3cc5c(ccc6nc([C@@H]7CC[C@H](C)N7C(=O)[C@@H](NC(=O)O)C(C)C)[nH]c65)cc3-4)[nH]2)N(C(=O)[C@H](NC(=O)OC)c2ccccc2)C1.Cl. The molecule has 4 amide bonds. The molecule has 0 spiro atoms. The Morgan fingerprint density at radius 1 is 0.923 bits per heavy atom. The molecule has 4 aromatic carbocycles. The number of hydrogen-bond donors (Lipinski definition) is 5. The fourth-order valence-electron chi connectivity index (χ4n) is 9.78. The molecule has 2 fully saturated rings. The number of halogens is 1. The number of imidazole rings is 2. The fraction of sp³-hybridized carbons (Fsp3) is 0.375. The van der Waals surface area contributed by atoms with Crippen LogP contribution < -0.4 is 15.4 Å². The zero-order valence-corrected chi connectivity index (χ0v) is 37.6. The second-order valence-corrected chi connectivity index (χ2v) is 17.4. The summed E-state index contributed by atoms with van der Waals surface area (Å²) in [7, 11) is 2.92. The number of fused-ring (bicyclic) bond motifs is 6. The number of carboxylic acid groups (broad SMARTS) is 1. The van der Waals surface area contributed by atoms with Gasteiger partial charge in [0.2, 0.25) is 5.91 Å². The molecule has 17 heteroatoms. The molecule has 5 heterocycles. The van der Waals surface area contributed by atoms with Crippen molar-refractivity contribution in [1.29, 1.82) is 0 Å². The Kier molecular flexibility index (Phi) is 12.8. The first-order valence-electron chi connectivity index (χ1n) is 21.7. The van der Waals surface area contributed by atoms with Gasteiger partial charge in [0.1, 0.15) is 36.1 Å². The van der Waals surface area contributed by atoms with E-state index in [0.29, 0.717) is 49.8 Å². The average Bonchev–Trinajstić information content (AvgIpc) is 4.12. The van der Waals surface area contributed by atoms with E-state index in [-0.39, 0.29) is 54.2 Å². The molecule has 16 nitrogen and oxygen atoms in total. The Morgan fingerprint density at radius 2 is 1.72 bits per heavy atom. The molecule has 6 aromatic rings. The van der Waals surface area contributed by atoms with E-state index in [2.05, 4.69) is 44.9 Å². The quantitative estimate of drug-likeness (QED) is 0.0846. The number of H-pyrrole nitrogens is 2. The van der Waals surface area contributed by atoms with Crippen LogP contribution in [0.15, 0.2) is 79.0 Å². The van der Waals surface area contributed by atoms with Gasteiger partial charge in [-0.1, -0.05) is 62.4 Å². The Balaban J connectivity index is 0.00000576. The summed E-state index contributed by atoms with van der Waals surface area (Å²) in [5.74, 6) is 1.39. The van der Waals surface area contributed by atoms with E-state index in [4.69, 9.17) is 24.2 Å². The van der Waals surface area contributed by atoms with Gasteiger partial charge in [-0.3, -0.25) is 9.59 Å². The van der Waals surface area contributed by atoms with Gasteiger partial charge in [-0.25, -0.2) is 19.6 Å². The highest BCUT2D eigenvalue weighted by molar-refractivity contribution is 6.07. The molecule has 3 aliphatic rings. The highest BCUT2D eigenvalue weighted by Crippen LogP contribution is 2.44. The van der Waals surface area contributed by atoms with Crippen LogP contribution in [0.2, 0.25) is 0 Å². The summed E-state index contributed by atoms with van der Waals surface area (Å²) >= 11 is 0. The monoisotopic (exact) mass is 904 g/mol. The van der Waals surface area contributed by atoms with Gasteiger partial charge >= 0.3 is 12.2 Å². The maximum Gasteiger partial charge on any atom is 0.407 e. The normalized spacial score (nSPS) is 19.8. The number of nitrogens with one attached hydrogen (secondary N) is 4. The zero-order valence-electron chi connectivity index (χ0n) is 36.8. The van der Waals surface area contributed by atoms with E-state index >= 15 is 0 Å². The minimum atomic E-state index is -1.23. The van der Waals surface area contributed by atoms with Crippen molar-refractivity contribution in [3.63, 3.8) is 0 Å². The molecule has 340 valence electrons. The van der Waals surface area contributed by atoms with Gasteiger partial charge < -0.3 is 49.7 Å². The number of benzene rings is 4. The van der Waals surface area contributed by atoms with Crippen LogP contribution in [0.5, 0.6) is 5.75 Å². The first-order chi connectivity index (χ1) is 30.9. The summed E-state index contributed by atoms with van der Waals surface area (Å²) < 4.78 is 16.8. The van der Waals surface area contributed by atoms with Crippen LogP contribution in [0.25, 0.3) is 44.2 Å². The topological polar surface area (TPSA) is 204 Å². The van der Waals surface area contributed by atoms with Crippen molar-refractivity contribution in [3.8, 4) is 28.1 Å². The first-order valence-corrected chi connectivity index (χ1v) is 21.7.